The van der Waals surface area contributed by atoms with Crippen LogP contribution in [-0.2, 0) is 4.74 Å². The zero-order chi connectivity index (χ0) is 16.9. The van der Waals surface area contributed by atoms with Gasteiger partial charge in [-0.1, -0.05) is 11.6 Å². The fourth-order valence-electron chi connectivity index (χ4n) is 2.54. The molecule has 7 heteroatoms. The van der Waals surface area contributed by atoms with Gasteiger partial charge < -0.3 is 14.4 Å². The number of amides is 1. The average molecular weight is 342 g/mol. The van der Waals surface area contributed by atoms with Crippen molar-refractivity contribution >= 4 is 17.7 Å². The summed E-state index contributed by atoms with van der Waals surface area (Å²) in [6, 6.07) is 3.46. The van der Waals surface area contributed by atoms with Crippen LogP contribution in [0.5, 0.6) is 5.88 Å². The first-order valence-corrected chi connectivity index (χ1v) is 8.34. The van der Waals surface area contributed by atoms with Gasteiger partial charge in [0.2, 0.25) is 5.88 Å². The molecule has 0 bridgehead atoms. The fourth-order valence-corrected chi connectivity index (χ4v) is 2.64. The van der Waals surface area contributed by atoms with Crippen LogP contribution in [0, 0.1) is 0 Å². The Hall–Kier alpha value is -1.56. The minimum Gasteiger partial charge on any atom is -0.477 e. The Labute approximate surface area is 142 Å². The highest BCUT2D eigenvalue weighted by Crippen LogP contribution is 2.22. The Kier molecular flexibility index (Phi) is 6.04. The third-order valence-corrected chi connectivity index (χ3v) is 3.77. The predicted octanol–water partition coefficient (Wildman–Crippen LogP) is 3.69. The molecule has 2 heterocycles. The number of carbonyl (C=O) groups excluding carboxylic acids is 1. The third-order valence-electron chi connectivity index (χ3n) is 3.56. The number of carbonyl (C=O) groups is 1. The number of halogens is 1. The van der Waals surface area contributed by atoms with Gasteiger partial charge in [0.15, 0.2) is 5.15 Å². The van der Waals surface area contributed by atoms with Crippen molar-refractivity contribution in [2.45, 2.75) is 58.1 Å². The van der Waals surface area contributed by atoms with Gasteiger partial charge in [0, 0.05) is 25.1 Å². The van der Waals surface area contributed by atoms with E-state index >= 15 is 0 Å². The number of ether oxygens (including phenoxy) is 2. The van der Waals surface area contributed by atoms with Crippen molar-refractivity contribution in [3.8, 4) is 5.88 Å². The molecule has 23 heavy (non-hydrogen) atoms. The topological polar surface area (TPSA) is 64.5 Å². The summed E-state index contributed by atoms with van der Waals surface area (Å²) in [7, 11) is 0. The Morgan fingerprint density at radius 3 is 2.78 bits per heavy atom. The molecule has 1 aliphatic rings. The second-order valence-electron chi connectivity index (χ2n) is 6.65. The van der Waals surface area contributed by atoms with Gasteiger partial charge in [0.05, 0.1) is 6.61 Å². The Morgan fingerprint density at radius 1 is 1.35 bits per heavy atom. The molecule has 0 saturated carbocycles. The first kappa shape index (κ1) is 17.8. The highest BCUT2D eigenvalue weighted by Gasteiger charge is 2.30. The van der Waals surface area contributed by atoms with Gasteiger partial charge in [0.25, 0.3) is 0 Å². The number of aromatic nitrogens is 2. The maximum atomic E-state index is 12.3. The maximum absolute atomic E-state index is 12.3. The van der Waals surface area contributed by atoms with Crippen molar-refractivity contribution in [2.75, 3.05) is 13.2 Å². The first-order valence-electron chi connectivity index (χ1n) is 7.97. The molecule has 1 aromatic heterocycles. The molecule has 2 rings (SSSR count). The lowest BCUT2D eigenvalue weighted by Crippen LogP contribution is -2.46. The first-order chi connectivity index (χ1) is 10.8. The molecule has 0 N–H and O–H groups in total. The highest BCUT2D eigenvalue weighted by atomic mass is 35.5. The normalized spacial score (nSPS) is 18.6. The Balaban J connectivity index is 1.86. The van der Waals surface area contributed by atoms with Crippen LogP contribution in [-0.4, -0.2) is 46.0 Å². The molecule has 0 radical (unpaired) electrons. The van der Waals surface area contributed by atoms with Gasteiger partial charge in [-0.15, -0.1) is 10.2 Å². The van der Waals surface area contributed by atoms with Crippen molar-refractivity contribution in [3.05, 3.63) is 17.3 Å². The van der Waals surface area contributed by atoms with Crippen molar-refractivity contribution in [1.29, 1.82) is 0 Å². The minimum absolute atomic E-state index is 0.138. The molecule has 1 atom stereocenters. The van der Waals surface area contributed by atoms with E-state index in [-0.39, 0.29) is 12.1 Å². The molecule has 1 fully saturated rings. The lowest BCUT2D eigenvalue weighted by atomic mass is 10.0. The number of piperidine rings is 1. The molecule has 0 aliphatic carbocycles. The van der Waals surface area contributed by atoms with E-state index in [0.717, 1.165) is 32.2 Å². The van der Waals surface area contributed by atoms with E-state index in [1.807, 2.05) is 25.7 Å². The van der Waals surface area contributed by atoms with Crippen molar-refractivity contribution < 1.29 is 14.3 Å². The second kappa shape index (κ2) is 7.81. The number of likely N-dealkylation sites (tertiary alicyclic amines) is 1. The van der Waals surface area contributed by atoms with Crippen molar-refractivity contribution in [2.24, 2.45) is 0 Å². The molecule has 1 amide bonds. The van der Waals surface area contributed by atoms with Crippen molar-refractivity contribution in [1.82, 2.24) is 15.1 Å². The summed E-state index contributed by atoms with van der Waals surface area (Å²) in [5.41, 5.74) is -0.478. The number of rotatable bonds is 4. The molecule has 0 spiro atoms. The van der Waals surface area contributed by atoms with Gasteiger partial charge in [-0.3, -0.25) is 0 Å². The van der Waals surface area contributed by atoms with E-state index in [0.29, 0.717) is 17.6 Å². The van der Waals surface area contributed by atoms with Gasteiger partial charge in [-0.25, -0.2) is 4.79 Å². The zero-order valence-electron chi connectivity index (χ0n) is 13.9. The largest absolute Gasteiger partial charge is 0.477 e. The number of hydrogen-bond acceptors (Lipinski definition) is 5. The van der Waals surface area contributed by atoms with E-state index in [2.05, 4.69) is 10.2 Å². The molecule has 0 unspecified atom stereocenters. The monoisotopic (exact) mass is 341 g/mol. The van der Waals surface area contributed by atoms with E-state index in [9.17, 15) is 4.79 Å². The lowest BCUT2D eigenvalue weighted by Gasteiger charge is -2.36. The number of nitrogens with zero attached hydrogens (tertiary/aromatic N) is 3. The van der Waals surface area contributed by atoms with E-state index in [1.54, 1.807) is 12.1 Å². The van der Waals surface area contributed by atoms with E-state index < -0.39 is 5.60 Å². The van der Waals surface area contributed by atoms with Crippen LogP contribution in [0.4, 0.5) is 4.79 Å². The average Bonchev–Trinajstić information content (AvgIpc) is 2.48. The van der Waals surface area contributed by atoms with Gasteiger partial charge >= 0.3 is 6.09 Å². The van der Waals surface area contributed by atoms with Gasteiger partial charge in [-0.2, -0.15) is 0 Å². The predicted molar refractivity (Wildman–Crippen MR) is 87.7 cm³/mol. The number of hydrogen-bond donors (Lipinski definition) is 0. The van der Waals surface area contributed by atoms with E-state index in [4.69, 9.17) is 21.1 Å². The zero-order valence-corrected chi connectivity index (χ0v) is 14.7. The molecular weight excluding hydrogens is 318 g/mol. The quantitative estimate of drug-likeness (QED) is 0.835. The smallest absolute Gasteiger partial charge is 0.410 e. The molecule has 6 nitrogen and oxygen atoms in total. The SMILES string of the molecule is CC(C)(C)OC(=O)N1CCCC[C@H]1CCOc1ccc(Cl)nn1. The summed E-state index contributed by atoms with van der Waals surface area (Å²) in [5, 5.41) is 7.92. The maximum Gasteiger partial charge on any atom is 0.410 e. The molecule has 1 aromatic rings. The summed E-state index contributed by atoms with van der Waals surface area (Å²) < 4.78 is 11.1. The summed E-state index contributed by atoms with van der Waals surface area (Å²) in [6.45, 7) is 6.85. The summed E-state index contributed by atoms with van der Waals surface area (Å²) >= 11 is 5.69. The summed E-state index contributed by atoms with van der Waals surface area (Å²) in [6.07, 6.45) is 3.59. The molecular formula is C16H24ClN3O3. The highest BCUT2D eigenvalue weighted by molar-refractivity contribution is 6.29. The second-order valence-corrected chi connectivity index (χ2v) is 7.04. The van der Waals surface area contributed by atoms with Crippen LogP contribution in [0.15, 0.2) is 12.1 Å². The fraction of sp³-hybridized carbons (Fsp3) is 0.688. The van der Waals surface area contributed by atoms with Crippen molar-refractivity contribution in [3.63, 3.8) is 0 Å². The molecule has 0 aromatic carbocycles. The van der Waals surface area contributed by atoms with Gasteiger partial charge in [0.1, 0.15) is 5.60 Å². The van der Waals surface area contributed by atoms with Crippen LogP contribution in [0.1, 0.15) is 46.5 Å². The van der Waals surface area contributed by atoms with Crippen LogP contribution < -0.4 is 4.74 Å². The minimum atomic E-state index is -0.478. The van der Waals surface area contributed by atoms with Crippen LogP contribution in [0.3, 0.4) is 0 Å². The summed E-state index contributed by atoms with van der Waals surface area (Å²) in [4.78, 5) is 14.1. The molecule has 1 saturated heterocycles. The van der Waals surface area contributed by atoms with E-state index in [1.165, 1.54) is 0 Å². The Morgan fingerprint density at radius 2 is 2.13 bits per heavy atom. The van der Waals surface area contributed by atoms with Crippen LogP contribution in [0.2, 0.25) is 5.15 Å². The van der Waals surface area contributed by atoms with Crippen LogP contribution >= 0.6 is 11.6 Å². The molecule has 128 valence electrons. The molecule has 1 aliphatic heterocycles. The van der Waals surface area contributed by atoms with Gasteiger partial charge in [-0.05, 0) is 46.1 Å². The summed E-state index contributed by atoms with van der Waals surface area (Å²) in [5.74, 6) is 0.439. The Bertz CT molecular complexity index is 516. The lowest BCUT2D eigenvalue weighted by molar-refractivity contribution is 0.00737. The standard InChI is InChI=1S/C16H24ClN3O3/c1-16(2,3)23-15(21)20-10-5-4-6-12(20)9-11-22-14-8-7-13(17)18-19-14/h7-8,12H,4-6,9-11H2,1-3H3/t12-/m0/s1. The van der Waals surface area contributed by atoms with Crippen LogP contribution in [0.25, 0.3) is 0 Å². The third kappa shape index (κ3) is 5.86.